The first-order valence-corrected chi connectivity index (χ1v) is 13.0. The second kappa shape index (κ2) is 9.85. The zero-order valence-corrected chi connectivity index (χ0v) is 21.3. The zero-order chi connectivity index (χ0) is 27.2. The van der Waals surface area contributed by atoms with Gasteiger partial charge in [0.2, 0.25) is 11.8 Å². The Labute approximate surface area is 217 Å². The van der Waals surface area contributed by atoms with Gasteiger partial charge in [-0.3, -0.25) is 14.7 Å². The molecular weight excluding hydrogens is 506 g/mol. The van der Waals surface area contributed by atoms with E-state index in [0.717, 1.165) is 19.0 Å². The van der Waals surface area contributed by atoms with E-state index in [1.54, 1.807) is 11.8 Å². The minimum atomic E-state index is -4.18. The number of pyridine rings is 1. The van der Waals surface area contributed by atoms with E-state index in [1.807, 2.05) is 0 Å². The molecule has 0 unspecified atom stereocenters. The summed E-state index contributed by atoms with van der Waals surface area (Å²) in [4.78, 5) is 32.1. The number of halogens is 4. The first-order valence-electron chi connectivity index (χ1n) is 13.0. The fourth-order valence-electron chi connectivity index (χ4n) is 6.03. The van der Waals surface area contributed by atoms with E-state index in [2.05, 4.69) is 20.5 Å². The van der Waals surface area contributed by atoms with Crippen LogP contribution in [0.15, 0.2) is 12.3 Å². The Morgan fingerprint density at radius 1 is 1.18 bits per heavy atom. The number of aromatic nitrogens is 3. The second-order valence-electron chi connectivity index (χ2n) is 10.8. The van der Waals surface area contributed by atoms with Crippen molar-refractivity contribution in [2.45, 2.75) is 76.0 Å². The lowest BCUT2D eigenvalue weighted by atomic mass is 9.84. The van der Waals surface area contributed by atoms with Gasteiger partial charge in [-0.05, 0) is 64.4 Å². The zero-order valence-electron chi connectivity index (χ0n) is 21.3. The van der Waals surface area contributed by atoms with Gasteiger partial charge in [0.05, 0.1) is 24.9 Å². The van der Waals surface area contributed by atoms with Crippen LogP contribution in [-0.2, 0) is 4.79 Å². The number of methoxy groups -OCH3 is 1. The summed E-state index contributed by atoms with van der Waals surface area (Å²) in [5.74, 6) is -2.30. The lowest BCUT2D eigenvalue weighted by Gasteiger charge is -2.40. The van der Waals surface area contributed by atoms with Crippen LogP contribution in [0.25, 0.3) is 11.3 Å². The van der Waals surface area contributed by atoms with Gasteiger partial charge < -0.3 is 15.0 Å². The number of nitrogens with zero attached hydrogens (tertiary/aromatic N) is 3. The standard InChI is InChI=1S/C26H31F4N5O3/c1-14-21(18(27)13-31-23(14)38-2)19-11-20(34-33-19)24(37)35-10-7-15(12-25(35)8-9-25)22(36)32-17-5-3-16(4-6-17)26(28,29)30/h11,13,15-17H,3-10,12H2,1-2H3,(H,32,36)(H,33,34)/t15-,16?,17?/m1/s1. The Morgan fingerprint density at radius 3 is 2.53 bits per heavy atom. The molecule has 2 aliphatic carbocycles. The monoisotopic (exact) mass is 537 g/mol. The number of H-pyrrole nitrogens is 1. The molecule has 2 saturated carbocycles. The molecule has 38 heavy (non-hydrogen) atoms. The number of nitrogens with one attached hydrogen (secondary N) is 2. The maximum atomic E-state index is 14.6. The maximum absolute atomic E-state index is 14.6. The molecule has 2 amide bonds. The average molecular weight is 538 g/mol. The van der Waals surface area contributed by atoms with E-state index in [9.17, 15) is 27.2 Å². The van der Waals surface area contributed by atoms with Crippen molar-refractivity contribution >= 4 is 11.8 Å². The second-order valence-corrected chi connectivity index (χ2v) is 10.8. The quantitative estimate of drug-likeness (QED) is 0.546. The molecule has 1 aliphatic heterocycles. The normalized spacial score (nSPS) is 24.8. The molecule has 0 radical (unpaired) electrons. The molecule has 1 spiro atoms. The van der Waals surface area contributed by atoms with Crippen LogP contribution in [0.2, 0.25) is 0 Å². The summed E-state index contributed by atoms with van der Waals surface area (Å²) in [6, 6.07) is 1.27. The van der Waals surface area contributed by atoms with E-state index in [-0.39, 0.29) is 53.8 Å². The van der Waals surface area contributed by atoms with Gasteiger partial charge in [-0.15, -0.1) is 0 Å². The predicted octanol–water partition coefficient (Wildman–Crippen LogP) is 4.55. The Bertz CT molecular complexity index is 1220. The Balaban J connectivity index is 1.22. The molecule has 3 aliphatic rings. The first kappa shape index (κ1) is 26.4. The number of carbonyl (C=O) groups is 2. The van der Waals surface area contributed by atoms with Gasteiger partial charge in [0.25, 0.3) is 5.91 Å². The summed E-state index contributed by atoms with van der Waals surface area (Å²) in [6.45, 7) is 2.04. The summed E-state index contributed by atoms with van der Waals surface area (Å²) < 4.78 is 58.6. The van der Waals surface area contributed by atoms with Crippen molar-refractivity contribution in [1.29, 1.82) is 0 Å². The molecular formula is C26H31F4N5O3. The van der Waals surface area contributed by atoms with Crippen LogP contribution in [0.1, 0.15) is 67.4 Å². The van der Waals surface area contributed by atoms with E-state index in [0.29, 0.717) is 43.5 Å². The summed E-state index contributed by atoms with van der Waals surface area (Å²) >= 11 is 0. The van der Waals surface area contributed by atoms with Gasteiger partial charge in [-0.25, -0.2) is 9.37 Å². The van der Waals surface area contributed by atoms with Gasteiger partial charge in [0.1, 0.15) is 0 Å². The Morgan fingerprint density at radius 2 is 1.89 bits per heavy atom. The highest BCUT2D eigenvalue weighted by Crippen LogP contribution is 2.50. The highest BCUT2D eigenvalue weighted by Gasteiger charge is 2.55. The third kappa shape index (κ3) is 4.96. The summed E-state index contributed by atoms with van der Waals surface area (Å²) in [5, 5.41) is 9.87. The van der Waals surface area contributed by atoms with E-state index >= 15 is 0 Å². The van der Waals surface area contributed by atoms with E-state index in [4.69, 9.17) is 4.74 Å². The molecule has 3 heterocycles. The lowest BCUT2D eigenvalue weighted by Crippen LogP contribution is -2.52. The smallest absolute Gasteiger partial charge is 0.391 e. The topological polar surface area (TPSA) is 100 Å². The van der Waals surface area contributed by atoms with Crippen LogP contribution in [0.3, 0.4) is 0 Å². The highest BCUT2D eigenvalue weighted by atomic mass is 19.4. The number of hydrogen-bond donors (Lipinski definition) is 2. The number of hydrogen-bond acceptors (Lipinski definition) is 5. The predicted molar refractivity (Wildman–Crippen MR) is 129 cm³/mol. The van der Waals surface area contributed by atoms with Crippen LogP contribution >= 0.6 is 0 Å². The molecule has 0 bridgehead atoms. The fourth-order valence-corrected chi connectivity index (χ4v) is 6.03. The number of likely N-dealkylation sites (tertiary alicyclic amines) is 1. The van der Waals surface area contributed by atoms with Gasteiger partial charge in [0.15, 0.2) is 11.5 Å². The molecule has 8 nitrogen and oxygen atoms in total. The van der Waals surface area contributed by atoms with Crippen LogP contribution in [-0.4, -0.2) is 63.3 Å². The van der Waals surface area contributed by atoms with Crippen molar-refractivity contribution in [2.24, 2.45) is 11.8 Å². The number of ether oxygens (including phenoxy) is 1. The highest BCUT2D eigenvalue weighted by molar-refractivity contribution is 5.94. The number of carbonyl (C=O) groups excluding carboxylic acids is 2. The Hall–Kier alpha value is -3.18. The largest absolute Gasteiger partial charge is 0.481 e. The summed E-state index contributed by atoms with van der Waals surface area (Å²) in [7, 11) is 1.44. The minimum Gasteiger partial charge on any atom is -0.481 e. The molecule has 2 N–H and O–H groups in total. The molecule has 2 aromatic heterocycles. The van der Waals surface area contributed by atoms with Gasteiger partial charge >= 0.3 is 6.18 Å². The molecule has 2 aromatic rings. The lowest BCUT2D eigenvalue weighted by molar-refractivity contribution is -0.182. The van der Waals surface area contributed by atoms with Crippen molar-refractivity contribution in [3.8, 4) is 17.1 Å². The molecule has 1 saturated heterocycles. The first-order chi connectivity index (χ1) is 18.0. The van der Waals surface area contributed by atoms with Gasteiger partial charge in [-0.1, -0.05) is 0 Å². The number of aromatic amines is 1. The molecule has 12 heteroatoms. The fraction of sp³-hybridized carbons (Fsp3) is 0.615. The van der Waals surface area contributed by atoms with Crippen molar-refractivity contribution in [3.05, 3.63) is 29.3 Å². The summed E-state index contributed by atoms with van der Waals surface area (Å²) in [6.07, 6.45) is 0.1000. The van der Waals surface area contributed by atoms with E-state index in [1.165, 1.54) is 13.2 Å². The van der Waals surface area contributed by atoms with Crippen LogP contribution < -0.4 is 10.1 Å². The van der Waals surface area contributed by atoms with Crippen molar-refractivity contribution < 1.29 is 31.9 Å². The number of amides is 2. The maximum Gasteiger partial charge on any atom is 0.391 e. The number of piperidine rings is 1. The van der Waals surface area contributed by atoms with Crippen molar-refractivity contribution in [1.82, 2.24) is 25.4 Å². The average Bonchev–Trinajstić information content (AvgIpc) is 3.46. The van der Waals surface area contributed by atoms with Gasteiger partial charge in [-0.2, -0.15) is 18.3 Å². The summed E-state index contributed by atoms with van der Waals surface area (Å²) in [5.41, 5.74) is 0.774. The molecule has 5 rings (SSSR count). The molecule has 0 aromatic carbocycles. The van der Waals surface area contributed by atoms with Crippen molar-refractivity contribution in [3.63, 3.8) is 0 Å². The van der Waals surface area contributed by atoms with E-state index < -0.39 is 23.5 Å². The third-order valence-electron chi connectivity index (χ3n) is 8.37. The van der Waals surface area contributed by atoms with Gasteiger partial charge in [0, 0.05) is 35.2 Å². The minimum absolute atomic E-state index is 0.0344. The number of alkyl halides is 3. The van der Waals surface area contributed by atoms with Crippen LogP contribution in [0, 0.1) is 24.6 Å². The molecule has 3 fully saturated rings. The van der Waals surface area contributed by atoms with Crippen molar-refractivity contribution in [2.75, 3.05) is 13.7 Å². The molecule has 1 atom stereocenters. The van der Waals surface area contributed by atoms with Crippen LogP contribution in [0.4, 0.5) is 17.6 Å². The van der Waals surface area contributed by atoms with Crippen LogP contribution in [0.5, 0.6) is 5.88 Å². The SMILES string of the molecule is COc1ncc(F)c(-c2cc(C(=O)N3CC[C@@H](C(=O)NC4CCC(C(F)(F)F)CC4)CC34CC4)n[nH]2)c1C. The number of rotatable bonds is 5. The Kier molecular flexibility index (Phi) is 6.85. The third-order valence-corrected chi connectivity index (χ3v) is 8.37. The molecule has 206 valence electrons.